The van der Waals surface area contributed by atoms with E-state index in [2.05, 4.69) is 20.2 Å². The van der Waals surface area contributed by atoms with E-state index in [1.807, 2.05) is 18.2 Å². The Morgan fingerprint density at radius 1 is 1.03 bits per heavy atom. The Balaban J connectivity index is 1.67. The van der Waals surface area contributed by atoms with Crippen LogP contribution in [0.5, 0.6) is 0 Å². The highest BCUT2D eigenvalue weighted by Gasteiger charge is 2.24. The molecule has 1 aliphatic heterocycles. The number of aromatic nitrogens is 2. The maximum Gasteiger partial charge on any atom is 0.355 e. The number of fused-ring (bicyclic) bond motifs is 1. The van der Waals surface area contributed by atoms with Crippen molar-refractivity contribution in [2.75, 3.05) is 31.1 Å². The second-order valence-electron chi connectivity index (χ2n) is 9.12. The van der Waals surface area contributed by atoms with Gasteiger partial charge in [0.15, 0.2) is 5.69 Å². The van der Waals surface area contributed by atoms with Gasteiger partial charge < -0.3 is 21.1 Å². The number of carboxylic acid groups (broad SMARTS) is 1. The van der Waals surface area contributed by atoms with Gasteiger partial charge in [-0.2, -0.15) is 0 Å². The number of nitrogens with two attached hydrogens (primary N) is 1. The summed E-state index contributed by atoms with van der Waals surface area (Å²) in [6.45, 7) is 2.77. The number of carboxylic acids is 1. The molecule has 2 aromatic carbocycles. The minimum atomic E-state index is -1.12. The Hall–Kier alpha value is -3.95. The van der Waals surface area contributed by atoms with E-state index < -0.39 is 17.6 Å². The van der Waals surface area contributed by atoms with Crippen LogP contribution in [-0.4, -0.2) is 53.3 Å². The van der Waals surface area contributed by atoms with Crippen LogP contribution in [0, 0.1) is 11.6 Å². The Morgan fingerprint density at radius 3 is 2.49 bits per heavy atom. The van der Waals surface area contributed by atoms with Crippen LogP contribution in [0.15, 0.2) is 60.9 Å². The molecule has 0 amide bonds. The van der Waals surface area contributed by atoms with E-state index in [1.165, 1.54) is 18.3 Å². The SMILES string of the molecule is NCCNC1CCN(c2c(-c3cc(F)cc(F)c3)cnc3ccc(-c4cccnc4C(=O)O)cc23)CC1. The molecule has 0 unspecified atom stereocenters. The molecule has 1 saturated heterocycles. The molecule has 9 heteroatoms. The van der Waals surface area contributed by atoms with Crippen LogP contribution in [0.4, 0.5) is 14.5 Å². The Morgan fingerprint density at radius 2 is 1.78 bits per heavy atom. The minimum Gasteiger partial charge on any atom is -0.476 e. The third-order valence-electron chi connectivity index (χ3n) is 6.72. The summed E-state index contributed by atoms with van der Waals surface area (Å²) in [4.78, 5) is 22.7. The summed E-state index contributed by atoms with van der Waals surface area (Å²) in [7, 11) is 0. The summed E-state index contributed by atoms with van der Waals surface area (Å²) in [6.07, 6.45) is 4.86. The van der Waals surface area contributed by atoms with E-state index in [-0.39, 0.29) is 5.69 Å². The third kappa shape index (κ3) is 5.14. The zero-order valence-corrected chi connectivity index (χ0v) is 20.1. The number of halogens is 2. The maximum absolute atomic E-state index is 14.2. The fraction of sp³-hybridized carbons (Fsp3) is 0.250. The smallest absolute Gasteiger partial charge is 0.355 e. The number of piperidine rings is 1. The largest absolute Gasteiger partial charge is 0.476 e. The van der Waals surface area contributed by atoms with E-state index in [0.29, 0.717) is 40.4 Å². The van der Waals surface area contributed by atoms with Gasteiger partial charge in [0.05, 0.1) is 11.2 Å². The zero-order chi connectivity index (χ0) is 25.9. The number of rotatable bonds is 7. The molecule has 1 fully saturated rings. The lowest BCUT2D eigenvalue weighted by atomic mass is 9.95. The molecule has 4 aromatic rings. The van der Waals surface area contributed by atoms with Gasteiger partial charge in [0.25, 0.3) is 0 Å². The molecular weight excluding hydrogens is 476 g/mol. The molecule has 0 aliphatic carbocycles. The number of hydrogen-bond donors (Lipinski definition) is 3. The molecule has 3 heterocycles. The summed E-state index contributed by atoms with van der Waals surface area (Å²) < 4.78 is 28.4. The van der Waals surface area contributed by atoms with Gasteiger partial charge in [0.2, 0.25) is 0 Å². The van der Waals surface area contributed by atoms with E-state index >= 15 is 0 Å². The molecule has 1 aliphatic rings. The first-order valence-electron chi connectivity index (χ1n) is 12.2. The molecule has 190 valence electrons. The predicted octanol–water partition coefficient (Wildman–Crippen LogP) is 4.46. The van der Waals surface area contributed by atoms with E-state index in [0.717, 1.165) is 49.6 Å². The van der Waals surface area contributed by atoms with E-state index in [9.17, 15) is 18.7 Å². The van der Waals surface area contributed by atoms with Crippen molar-refractivity contribution in [3.63, 3.8) is 0 Å². The first-order chi connectivity index (χ1) is 17.9. The molecule has 0 atom stereocenters. The summed E-state index contributed by atoms with van der Waals surface area (Å²) >= 11 is 0. The number of benzene rings is 2. The molecule has 0 bridgehead atoms. The lowest BCUT2D eigenvalue weighted by Crippen LogP contribution is -2.44. The molecule has 7 nitrogen and oxygen atoms in total. The van der Waals surface area contributed by atoms with E-state index in [1.54, 1.807) is 18.3 Å². The van der Waals surface area contributed by atoms with Crippen molar-refractivity contribution in [1.29, 1.82) is 0 Å². The Kier molecular flexibility index (Phi) is 7.07. The topological polar surface area (TPSA) is 104 Å². The zero-order valence-electron chi connectivity index (χ0n) is 20.1. The van der Waals surface area contributed by atoms with Crippen LogP contribution in [0.2, 0.25) is 0 Å². The number of anilines is 1. The van der Waals surface area contributed by atoms with Gasteiger partial charge in [0, 0.05) is 67.2 Å². The average Bonchev–Trinajstić information content (AvgIpc) is 2.90. The van der Waals surface area contributed by atoms with Gasteiger partial charge in [-0.25, -0.2) is 18.6 Å². The maximum atomic E-state index is 14.2. The molecule has 5 rings (SSSR count). The van der Waals surface area contributed by atoms with Crippen LogP contribution < -0.4 is 16.0 Å². The van der Waals surface area contributed by atoms with Gasteiger partial charge in [0.1, 0.15) is 11.6 Å². The Bertz CT molecular complexity index is 1430. The van der Waals surface area contributed by atoms with Crippen molar-refractivity contribution < 1.29 is 18.7 Å². The monoisotopic (exact) mass is 503 g/mol. The van der Waals surface area contributed by atoms with Crippen molar-refractivity contribution in [3.8, 4) is 22.3 Å². The van der Waals surface area contributed by atoms with Crippen molar-refractivity contribution in [2.24, 2.45) is 5.73 Å². The van der Waals surface area contributed by atoms with Gasteiger partial charge in [-0.05, 0) is 54.3 Å². The summed E-state index contributed by atoms with van der Waals surface area (Å²) in [5, 5.41) is 13.9. The van der Waals surface area contributed by atoms with Gasteiger partial charge >= 0.3 is 5.97 Å². The van der Waals surface area contributed by atoms with Crippen molar-refractivity contribution in [1.82, 2.24) is 15.3 Å². The molecule has 37 heavy (non-hydrogen) atoms. The molecule has 0 radical (unpaired) electrons. The molecule has 0 spiro atoms. The molecule has 0 saturated carbocycles. The highest BCUT2D eigenvalue weighted by molar-refractivity contribution is 6.03. The van der Waals surface area contributed by atoms with E-state index in [4.69, 9.17) is 5.73 Å². The number of hydrogen-bond acceptors (Lipinski definition) is 6. The number of nitrogens with one attached hydrogen (secondary N) is 1. The molecule has 4 N–H and O–H groups in total. The van der Waals surface area contributed by atoms with Crippen molar-refractivity contribution in [2.45, 2.75) is 18.9 Å². The normalized spacial score (nSPS) is 14.3. The fourth-order valence-electron chi connectivity index (χ4n) is 5.01. The number of pyridine rings is 2. The van der Waals surface area contributed by atoms with Crippen LogP contribution in [0.3, 0.4) is 0 Å². The standard InChI is InChI=1S/C28H27F2N5O2/c29-19-12-18(13-20(30)15-19)24-16-34-25-4-3-17(22-2-1-8-33-26(22)28(36)37)14-23(25)27(24)35-10-5-21(6-11-35)32-9-7-31/h1-4,8,12-16,21,32H,5-7,9-11,31H2,(H,36,37). The first kappa shape index (κ1) is 24.7. The summed E-state index contributed by atoms with van der Waals surface area (Å²) in [6, 6.07) is 12.7. The van der Waals surface area contributed by atoms with Crippen LogP contribution >= 0.6 is 0 Å². The number of carbonyl (C=O) groups is 1. The number of aromatic carboxylic acids is 1. The lowest BCUT2D eigenvalue weighted by Gasteiger charge is -2.36. The minimum absolute atomic E-state index is 0.0495. The van der Waals surface area contributed by atoms with Gasteiger partial charge in [-0.15, -0.1) is 0 Å². The van der Waals surface area contributed by atoms with Crippen LogP contribution in [0.1, 0.15) is 23.3 Å². The van der Waals surface area contributed by atoms with Crippen LogP contribution in [0.25, 0.3) is 33.2 Å². The molecular formula is C28H27F2N5O2. The second-order valence-corrected chi connectivity index (χ2v) is 9.12. The average molecular weight is 504 g/mol. The van der Waals surface area contributed by atoms with Crippen LogP contribution in [-0.2, 0) is 0 Å². The van der Waals surface area contributed by atoms with Crippen molar-refractivity contribution in [3.05, 3.63) is 78.3 Å². The highest BCUT2D eigenvalue weighted by Crippen LogP contribution is 2.40. The third-order valence-corrected chi connectivity index (χ3v) is 6.72. The summed E-state index contributed by atoms with van der Waals surface area (Å²) in [5.41, 5.74) is 9.26. The number of nitrogens with zero attached hydrogens (tertiary/aromatic N) is 3. The summed E-state index contributed by atoms with van der Waals surface area (Å²) in [5.74, 6) is -2.45. The van der Waals surface area contributed by atoms with Gasteiger partial charge in [-0.1, -0.05) is 12.1 Å². The fourth-order valence-corrected chi connectivity index (χ4v) is 5.01. The highest BCUT2D eigenvalue weighted by atomic mass is 19.1. The first-order valence-corrected chi connectivity index (χ1v) is 12.2. The van der Waals surface area contributed by atoms with Gasteiger partial charge in [-0.3, -0.25) is 4.98 Å². The van der Waals surface area contributed by atoms with Crippen molar-refractivity contribution >= 4 is 22.6 Å². The lowest BCUT2D eigenvalue weighted by molar-refractivity contribution is 0.0691. The Labute approximate surface area is 213 Å². The predicted molar refractivity (Wildman–Crippen MR) is 140 cm³/mol. The quantitative estimate of drug-likeness (QED) is 0.342. The molecule has 2 aromatic heterocycles. The second kappa shape index (κ2) is 10.6.